The van der Waals surface area contributed by atoms with Crippen molar-refractivity contribution in [2.45, 2.75) is 26.2 Å². The summed E-state index contributed by atoms with van der Waals surface area (Å²) in [6, 6.07) is 27.4. The van der Waals surface area contributed by atoms with Crippen molar-refractivity contribution in [2.75, 3.05) is 21.8 Å². The van der Waals surface area contributed by atoms with Gasteiger partial charge >= 0.3 is 0 Å². The largest absolute Gasteiger partial charge is 0.375 e. The van der Waals surface area contributed by atoms with Crippen molar-refractivity contribution in [1.82, 2.24) is 5.01 Å². The predicted molar refractivity (Wildman–Crippen MR) is 175 cm³/mol. The highest BCUT2D eigenvalue weighted by atomic mass is 16.3. The first-order chi connectivity index (χ1) is 21.5. The van der Waals surface area contributed by atoms with E-state index in [1.54, 1.807) is 49.4 Å². The second kappa shape index (κ2) is 16.2. The number of aliphatic hydroxyl groups excluding tert-OH is 1. The average Bonchev–Trinajstić information content (AvgIpc) is 3.08. The molecule has 0 aliphatic heterocycles. The second-order valence-corrected chi connectivity index (χ2v) is 9.81. The molecule has 4 rings (SSSR count). The molecule has 1 N–H and O–H groups in total. The summed E-state index contributed by atoms with van der Waals surface area (Å²) in [6.07, 6.45) is 16.5. The number of para-hydroxylation sites is 3. The number of nitrogens with zero attached hydrogens (tertiary/aromatic N) is 4. The second-order valence-electron chi connectivity index (χ2n) is 9.81. The van der Waals surface area contributed by atoms with Crippen molar-refractivity contribution in [3.05, 3.63) is 151 Å². The molecule has 44 heavy (non-hydrogen) atoms. The number of hydrogen-bond acceptors (Lipinski definition) is 5. The molecule has 1 aliphatic carbocycles. The summed E-state index contributed by atoms with van der Waals surface area (Å²) in [5, 5.41) is 15.9. The van der Waals surface area contributed by atoms with Gasteiger partial charge in [-0.05, 0) is 62.2 Å². The number of allylic oxidation sites excluding steroid dienone is 8. The van der Waals surface area contributed by atoms with E-state index in [-0.39, 0.29) is 25.0 Å². The monoisotopic (exact) mass is 588 g/mol. The lowest BCUT2D eigenvalue weighted by atomic mass is 10.1. The van der Waals surface area contributed by atoms with E-state index in [0.29, 0.717) is 35.5 Å². The quantitative estimate of drug-likeness (QED) is 0.0813. The molecule has 0 unspecified atom stereocenters. The van der Waals surface area contributed by atoms with Gasteiger partial charge in [-0.1, -0.05) is 97.1 Å². The highest BCUT2D eigenvalue weighted by Gasteiger charge is 2.26. The van der Waals surface area contributed by atoms with Crippen molar-refractivity contribution in [3.8, 4) is 0 Å². The lowest BCUT2D eigenvalue weighted by molar-refractivity contribution is -0.124. The fraction of sp³-hybridized carbons (Fsp3) is 0.139. The normalized spacial score (nSPS) is 13.0. The summed E-state index contributed by atoms with van der Waals surface area (Å²) in [7, 11) is 0. The van der Waals surface area contributed by atoms with Gasteiger partial charge in [-0.3, -0.25) is 19.4 Å². The van der Waals surface area contributed by atoms with Gasteiger partial charge in [-0.25, -0.2) is 15.0 Å². The maximum absolute atomic E-state index is 13.6. The number of rotatable bonds is 13. The van der Waals surface area contributed by atoms with E-state index in [1.165, 1.54) is 20.0 Å². The molecule has 224 valence electrons. The van der Waals surface area contributed by atoms with Crippen molar-refractivity contribution in [3.63, 3.8) is 0 Å². The SMILES string of the molecule is C\C(=C/C=C/C=C/CC(=O)N(c1ccccc1)N(CO)c1ccccc1)C(=O)N(c1ccccc1)N(C=O)C1=CC=CCC1. The van der Waals surface area contributed by atoms with E-state index < -0.39 is 0 Å². The van der Waals surface area contributed by atoms with Gasteiger partial charge in [0.15, 0.2) is 0 Å². The smallest absolute Gasteiger partial charge is 0.273 e. The molecule has 0 bridgehead atoms. The Morgan fingerprint density at radius 3 is 1.93 bits per heavy atom. The van der Waals surface area contributed by atoms with E-state index in [9.17, 15) is 19.5 Å². The molecule has 0 fully saturated rings. The Morgan fingerprint density at radius 2 is 1.39 bits per heavy atom. The Morgan fingerprint density at radius 1 is 0.795 bits per heavy atom. The molecule has 0 radical (unpaired) electrons. The van der Waals surface area contributed by atoms with E-state index in [4.69, 9.17) is 0 Å². The summed E-state index contributed by atoms with van der Waals surface area (Å²) in [4.78, 5) is 39.2. The lowest BCUT2D eigenvalue weighted by Gasteiger charge is -2.34. The minimum atomic E-state index is -0.387. The van der Waals surface area contributed by atoms with Crippen molar-refractivity contribution >= 4 is 35.3 Å². The fourth-order valence-electron chi connectivity index (χ4n) is 4.62. The lowest BCUT2D eigenvalue weighted by Crippen LogP contribution is -2.47. The first-order valence-electron chi connectivity index (χ1n) is 14.4. The van der Waals surface area contributed by atoms with Crippen LogP contribution in [0.25, 0.3) is 0 Å². The third-order valence-corrected chi connectivity index (χ3v) is 6.80. The predicted octanol–water partition coefficient (Wildman–Crippen LogP) is 6.48. The number of carbonyl (C=O) groups is 3. The van der Waals surface area contributed by atoms with Crippen molar-refractivity contribution in [1.29, 1.82) is 0 Å². The maximum atomic E-state index is 13.6. The van der Waals surface area contributed by atoms with Crippen LogP contribution >= 0.6 is 0 Å². The highest BCUT2D eigenvalue weighted by Crippen LogP contribution is 2.25. The summed E-state index contributed by atoms with van der Waals surface area (Å²) >= 11 is 0. The van der Waals surface area contributed by atoms with Crippen LogP contribution < -0.4 is 15.0 Å². The van der Waals surface area contributed by atoms with Gasteiger partial charge in [0.05, 0.1) is 17.1 Å². The summed E-state index contributed by atoms with van der Waals surface area (Å²) in [5.41, 5.74) is 3.03. The first kappa shape index (κ1) is 31.5. The van der Waals surface area contributed by atoms with Gasteiger partial charge in [0, 0.05) is 17.7 Å². The molecule has 1 aliphatic rings. The van der Waals surface area contributed by atoms with Crippen LogP contribution in [-0.4, -0.2) is 35.1 Å². The van der Waals surface area contributed by atoms with Crippen molar-refractivity contribution in [2.24, 2.45) is 0 Å². The van der Waals surface area contributed by atoms with Crippen molar-refractivity contribution < 1.29 is 19.5 Å². The van der Waals surface area contributed by atoms with Crippen LogP contribution in [0.15, 0.2) is 151 Å². The van der Waals surface area contributed by atoms with Crippen LogP contribution in [0.5, 0.6) is 0 Å². The summed E-state index contributed by atoms with van der Waals surface area (Å²) in [5.74, 6) is -0.578. The van der Waals surface area contributed by atoms with Crippen LogP contribution in [0, 0.1) is 0 Å². The number of aliphatic hydroxyl groups is 1. The molecular weight excluding hydrogens is 552 g/mol. The van der Waals surface area contributed by atoms with E-state index >= 15 is 0 Å². The van der Waals surface area contributed by atoms with Gasteiger partial charge in [0.25, 0.3) is 5.91 Å². The zero-order valence-corrected chi connectivity index (χ0v) is 24.6. The van der Waals surface area contributed by atoms with Gasteiger partial charge in [-0.15, -0.1) is 0 Å². The maximum Gasteiger partial charge on any atom is 0.273 e. The van der Waals surface area contributed by atoms with E-state index in [1.807, 2.05) is 97.1 Å². The summed E-state index contributed by atoms with van der Waals surface area (Å²) in [6.45, 7) is 1.31. The minimum Gasteiger partial charge on any atom is -0.375 e. The number of benzene rings is 3. The standard InChI is InChI=1S/C36H36N4O4/c1-30(36(44)40(34-25-15-7-16-26-34)38(29-42)32-21-11-5-12-22-32)18-8-2-3-17-27-35(43)39(33-23-13-6-14-24-33)37(28-41)31-19-9-4-10-20-31/h2-11,13-21,23-26,29,41H,12,22,27-28H2,1H3/b8-2+,17-3+,30-18+. The third kappa shape index (κ3) is 8.08. The number of carbonyl (C=O) groups excluding carboxylic acids is 3. The zero-order chi connectivity index (χ0) is 31.1. The van der Waals surface area contributed by atoms with E-state index in [2.05, 4.69) is 0 Å². The van der Waals surface area contributed by atoms with Crippen LogP contribution in [0.3, 0.4) is 0 Å². The molecule has 8 heteroatoms. The van der Waals surface area contributed by atoms with Gasteiger partial charge in [0.1, 0.15) is 6.73 Å². The molecule has 0 aromatic heterocycles. The molecule has 0 spiro atoms. The third-order valence-electron chi connectivity index (χ3n) is 6.80. The van der Waals surface area contributed by atoms with E-state index in [0.717, 1.165) is 12.1 Å². The Balaban J connectivity index is 1.47. The zero-order valence-electron chi connectivity index (χ0n) is 24.6. The molecule has 0 atom stereocenters. The highest BCUT2D eigenvalue weighted by molar-refractivity contribution is 6.06. The van der Waals surface area contributed by atoms with Crippen LogP contribution in [-0.2, 0) is 14.4 Å². The molecular formula is C36H36N4O4. The van der Waals surface area contributed by atoms with Gasteiger partial charge in [-0.2, -0.15) is 0 Å². The summed E-state index contributed by atoms with van der Waals surface area (Å²) < 4.78 is 0. The molecule has 3 aromatic carbocycles. The number of hydrogen-bond donors (Lipinski definition) is 1. The average molecular weight is 589 g/mol. The van der Waals surface area contributed by atoms with Crippen LogP contribution in [0.1, 0.15) is 26.2 Å². The molecule has 3 aromatic rings. The molecule has 0 saturated carbocycles. The number of hydrazine groups is 2. The fourth-order valence-corrected chi connectivity index (χ4v) is 4.62. The molecule has 0 saturated heterocycles. The molecule has 3 amide bonds. The Bertz CT molecular complexity index is 1550. The topological polar surface area (TPSA) is 84.4 Å². The molecule has 8 nitrogen and oxygen atoms in total. The van der Waals surface area contributed by atoms with Crippen LogP contribution in [0.4, 0.5) is 17.1 Å². The Hall–Kier alpha value is -5.47. The van der Waals surface area contributed by atoms with Gasteiger partial charge in [0.2, 0.25) is 12.3 Å². The molecule has 0 heterocycles. The van der Waals surface area contributed by atoms with Crippen LogP contribution in [0.2, 0.25) is 0 Å². The first-order valence-corrected chi connectivity index (χ1v) is 14.4. The minimum absolute atomic E-state index is 0.0732. The Labute approximate surface area is 258 Å². The number of amides is 3. The number of anilines is 3. The van der Waals surface area contributed by atoms with Gasteiger partial charge < -0.3 is 5.11 Å². The Kier molecular flexibility index (Phi) is 11.6.